The number of aliphatic imine (C=N–C) groups is 1. The first kappa shape index (κ1) is 21.6. The third-order valence-corrected chi connectivity index (χ3v) is 5.38. The Bertz CT molecular complexity index is 1120. The minimum atomic E-state index is -0.927. The van der Waals surface area contributed by atoms with Crippen LogP contribution < -0.4 is 25.8 Å². The summed E-state index contributed by atoms with van der Waals surface area (Å²) < 4.78 is 23.9. The summed E-state index contributed by atoms with van der Waals surface area (Å²) in [4.78, 5) is 9.08. The van der Waals surface area contributed by atoms with Gasteiger partial charge in [0.05, 0.1) is 14.2 Å². The first-order valence-electron chi connectivity index (χ1n) is 10.3. The van der Waals surface area contributed by atoms with E-state index >= 15 is 0 Å². The van der Waals surface area contributed by atoms with Gasteiger partial charge in [0.15, 0.2) is 17.5 Å². The first-order chi connectivity index (χ1) is 15.5. The quantitative estimate of drug-likeness (QED) is 0.528. The first-order valence-corrected chi connectivity index (χ1v) is 10.3. The third-order valence-electron chi connectivity index (χ3n) is 5.38. The molecular weight excluding hydrogens is 409 g/mol. The third kappa shape index (κ3) is 4.65. The van der Waals surface area contributed by atoms with Crippen LogP contribution in [0, 0.1) is 5.82 Å². The Morgan fingerprint density at radius 3 is 2.53 bits per heavy atom. The van der Waals surface area contributed by atoms with Gasteiger partial charge in [0.2, 0.25) is 0 Å². The lowest BCUT2D eigenvalue weighted by Gasteiger charge is -2.38. The van der Waals surface area contributed by atoms with Gasteiger partial charge in [0.25, 0.3) is 0 Å². The molecule has 4 rings (SSSR count). The second kappa shape index (κ2) is 9.23. The molecule has 3 aromatic rings. The molecule has 7 nitrogen and oxygen atoms in total. The molecule has 1 atom stereocenters. The zero-order chi connectivity index (χ0) is 22.6. The molecule has 0 bridgehead atoms. The zero-order valence-corrected chi connectivity index (χ0v) is 18.1. The Labute approximate surface area is 186 Å². The molecule has 1 aliphatic heterocycles. The van der Waals surface area contributed by atoms with Gasteiger partial charge in [-0.25, -0.2) is 9.37 Å². The van der Waals surface area contributed by atoms with Crippen LogP contribution in [0.15, 0.2) is 65.8 Å². The van der Waals surface area contributed by atoms with E-state index in [1.165, 1.54) is 12.1 Å². The number of aromatic nitrogens is 1. The van der Waals surface area contributed by atoms with Crippen LogP contribution in [0.3, 0.4) is 0 Å². The van der Waals surface area contributed by atoms with Crippen molar-refractivity contribution in [2.75, 3.05) is 26.1 Å². The SMILES string of the molecule is COc1ccc(CC2(N)NC(=NCCc3ccc(F)cc3)Nc3ncccc32)cc1OC. The highest BCUT2D eigenvalue weighted by molar-refractivity contribution is 5.96. The van der Waals surface area contributed by atoms with Crippen molar-refractivity contribution in [1.29, 1.82) is 0 Å². The maximum absolute atomic E-state index is 13.1. The lowest BCUT2D eigenvalue weighted by Crippen LogP contribution is -2.59. The molecule has 2 aromatic carbocycles. The maximum Gasteiger partial charge on any atom is 0.198 e. The molecule has 0 fully saturated rings. The van der Waals surface area contributed by atoms with Crippen molar-refractivity contribution in [2.24, 2.45) is 10.7 Å². The number of guanidine groups is 1. The summed E-state index contributed by atoms with van der Waals surface area (Å²) in [5, 5.41) is 6.56. The van der Waals surface area contributed by atoms with Crippen LogP contribution >= 0.6 is 0 Å². The van der Waals surface area contributed by atoms with Gasteiger partial charge in [-0.2, -0.15) is 0 Å². The van der Waals surface area contributed by atoms with E-state index in [9.17, 15) is 4.39 Å². The number of hydrogen-bond acceptors (Lipinski definition) is 5. The minimum absolute atomic E-state index is 0.249. The van der Waals surface area contributed by atoms with Gasteiger partial charge in [0.1, 0.15) is 17.3 Å². The number of rotatable bonds is 7. The predicted octanol–water partition coefficient (Wildman–Crippen LogP) is 3.21. The summed E-state index contributed by atoms with van der Waals surface area (Å²) in [6.07, 6.45) is 2.87. The highest BCUT2D eigenvalue weighted by Gasteiger charge is 2.36. The number of nitrogens with two attached hydrogens (primary N) is 1. The number of pyridine rings is 1. The smallest absolute Gasteiger partial charge is 0.198 e. The zero-order valence-electron chi connectivity index (χ0n) is 18.1. The molecule has 0 amide bonds. The number of nitrogens with one attached hydrogen (secondary N) is 2. The van der Waals surface area contributed by atoms with Gasteiger partial charge in [-0.15, -0.1) is 0 Å². The van der Waals surface area contributed by atoms with Crippen LogP contribution in [0.5, 0.6) is 11.5 Å². The van der Waals surface area contributed by atoms with E-state index < -0.39 is 5.66 Å². The summed E-state index contributed by atoms with van der Waals surface area (Å²) >= 11 is 0. The van der Waals surface area contributed by atoms with Gasteiger partial charge in [-0.1, -0.05) is 24.3 Å². The molecule has 1 aromatic heterocycles. The largest absolute Gasteiger partial charge is 0.493 e. The Morgan fingerprint density at radius 1 is 1.03 bits per heavy atom. The van der Waals surface area contributed by atoms with Gasteiger partial charge in [-0.05, 0) is 47.9 Å². The number of anilines is 1. The average Bonchev–Trinajstić information content (AvgIpc) is 2.80. The van der Waals surface area contributed by atoms with Crippen molar-refractivity contribution in [2.45, 2.75) is 18.5 Å². The summed E-state index contributed by atoms with van der Waals surface area (Å²) in [6.45, 7) is 0.509. The number of ether oxygens (including phenoxy) is 2. The monoisotopic (exact) mass is 435 g/mol. The summed E-state index contributed by atoms with van der Waals surface area (Å²) in [5.41, 5.74) is 8.76. The fourth-order valence-electron chi connectivity index (χ4n) is 3.77. The molecule has 0 radical (unpaired) electrons. The summed E-state index contributed by atoms with van der Waals surface area (Å²) in [7, 11) is 3.21. The van der Waals surface area contributed by atoms with Crippen LogP contribution in [0.2, 0.25) is 0 Å². The second-order valence-electron chi connectivity index (χ2n) is 7.59. The Balaban J connectivity index is 1.57. The minimum Gasteiger partial charge on any atom is -0.493 e. The molecule has 32 heavy (non-hydrogen) atoms. The fraction of sp³-hybridized carbons (Fsp3) is 0.250. The number of hydrogen-bond donors (Lipinski definition) is 3. The van der Waals surface area contributed by atoms with E-state index in [-0.39, 0.29) is 5.82 Å². The Hall–Kier alpha value is -3.65. The summed E-state index contributed by atoms with van der Waals surface area (Å²) in [6, 6.07) is 16.0. The Morgan fingerprint density at radius 2 is 1.78 bits per heavy atom. The molecule has 4 N–H and O–H groups in total. The predicted molar refractivity (Wildman–Crippen MR) is 123 cm³/mol. The van der Waals surface area contributed by atoms with Crippen molar-refractivity contribution in [1.82, 2.24) is 10.3 Å². The second-order valence-corrected chi connectivity index (χ2v) is 7.59. The maximum atomic E-state index is 13.1. The van der Waals surface area contributed by atoms with Crippen LogP contribution in [-0.2, 0) is 18.5 Å². The van der Waals surface area contributed by atoms with Crippen molar-refractivity contribution in [3.63, 3.8) is 0 Å². The Kier molecular flexibility index (Phi) is 6.23. The molecule has 8 heteroatoms. The molecule has 0 saturated heterocycles. The van der Waals surface area contributed by atoms with E-state index in [0.717, 1.165) is 16.7 Å². The van der Waals surface area contributed by atoms with Gasteiger partial charge in [0, 0.05) is 24.7 Å². The van der Waals surface area contributed by atoms with Crippen molar-refractivity contribution < 1.29 is 13.9 Å². The number of halogens is 1. The van der Waals surface area contributed by atoms with Crippen molar-refractivity contribution in [3.05, 3.63) is 83.3 Å². The summed E-state index contributed by atoms with van der Waals surface area (Å²) in [5.74, 6) is 2.25. The van der Waals surface area contributed by atoms with Crippen LogP contribution in [0.1, 0.15) is 16.7 Å². The standard InChI is InChI=1S/C24H26FN5O2/c1-31-20-10-7-17(14-21(20)32-2)15-24(26)19-4-3-12-27-22(19)29-23(30-24)28-13-11-16-5-8-18(25)9-6-16/h3-10,12,14H,11,13,15,26H2,1-2H3,(H2,27,28,29,30). The van der Waals surface area contributed by atoms with E-state index in [2.05, 4.69) is 20.6 Å². The highest BCUT2D eigenvalue weighted by Crippen LogP contribution is 2.33. The van der Waals surface area contributed by atoms with E-state index in [1.807, 2.05) is 30.3 Å². The average molecular weight is 436 g/mol. The molecule has 0 spiro atoms. The molecule has 2 heterocycles. The lowest BCUT2D eigenvalue weighted by atomic mass is 9.91. The number of benzene rings is 2. The fourth-order valence-corrected chi connectivity index (χ4v) is 3.77. The van der Waals surface area contributed by atoms with Gasteiger partial charge < -0.3 is 25.8 Å². The van der Waals surface area contributed by atoms with Crippen molar-refractivity contribution in [3.8, 4) is 11.5 Å². The molecule has 1 unspecified atom stereocenters. The van der Waals surface area contributed by atoms with Gasteiger partial charge in [-0.3, -0.25) is 4.99 Å². The van der Waals surface area contributed by atoms with Crippen molar-refractivity contribution >= 4 is 11.8 Å². The number of fused-ring (bicyclic) bond motifs is 1. The molecule has 1 aliphatic rings. The molecular formula is C24H26FN5O2. The molecule has 166 valence electrons. The number of nitrogens with zero attached hydrogens (tertiary/aromatic N) is 2. The van der Waals surface area contributed by atoms with Gasteiger partial charge >= 0.3 is 0 Å². The van der Waals surface area contributed by atoms with E-state index in [4.69, 9.17) is 15.2 Å². The van der Waals surface area contributed by atoms with Crippen LogP contribution in [-0.4, -0.2) is 31.7 Å². The topological polar surface area (TPSA) is 93.8 Å². The van der Waals surface area contributed by atoms with Crippen LogP contribution in [0.25, 0.3) is 0 Å². The van der Waals surface area contributed by atoms with E-state index in [0.29, 0.717) is 42.7 Å². The van der Waals surface area contributed by atoms with Crippen LogP contribution in [0.4, 0.5) is 10.2 Å². The number of methoxy groups -OCH3 is 2. The normalized spacial score (nSPS) is 18.4. The molecule has 0 aliphatic carbocycles. The molecule has 0 saturated carbocycles. The highest BCUT2D eigenvalue weighted by atomic mass is 19.1. The lowest BCUT2D eigenvalue weighted by molar-refractivity contribution is 0.352. The van der Waals surface area contributed by atoms with E-state index in [1.54, 1.807) is 32.5 Å².